The van der Waals surface area contributed by atoms with Crippen molar-refractivity contribution in [3.05, 3.63) is 60.3 Å². The molecule has 0 atom stereocenters. The maximum Gasteiger partial charge on any atom is 0.224 e. The number of hydrogen-bond donors (Lipinski definition) is 2. The molecule has 0 unspecified atom stereocenters. The van der Waals surface area contributed by atoms with Crippen LogP contribution in [0.1, 0.15) is 31.7 Å². The Labute approximate surface area is 188 Å². The van der Waals surface area contributed by atoms with Gasteiger partial charge < -0.3 is 24.7 Å². The summed E-state index contributed by atoms with van der Waals surface area (Å²) in [5, 5.41) is 14.7. The van der Waals surface area contributed by atoms with Crippen LogP contribution in [0.3, 0.4) is 0 Å². The zero-order valence-electron chi connectivity index (χ0n) is 18.9. The predicted octanol–water partition coefficient (Wildman–Crippen LogP) is 3.18. The SMILES string of the molecule is CCCOc1ccccc1Oc1ncccc1CNC(=NC)NCCn1cnnc1CC. The summed E-state index contributed by atoms with van der Waals surface area (Å²) in [6.45, 7) is 6.73. The van der Waals surface area contributed by atoms with Gasteiger partial charge in [-0.3, -0.25) is 4.99 Å². The van der Waals surface area contributed by atoms with E-state index in [0.717, 1.165) is 30.8 Å². The lowest BCUT2D eigenvalue weighted by molar-refractivity contribution is 0.300. The maximum absolute atomic E-state index is 6.11. The topological polar surface area (TPSA) is 98.5 Å². The third-order valence-electron chi connectivity index (χ3n) is 4.69. The fourth-order valence-corrected chi connectivity index (χ4v) is 3.05. The zero-order valence-corrected chi connectivity index (χ0v) is 18.9. The molecule has 32 heavy (non-hydrogen) atoms. The molecule has 0 aliphatic rings. The molecule has 0 spiro atoms. The molecule has 0 saturated heterocycles. The number of para-hydroxylation sites is 2. The highest BCUT2D eigenvalue weighted by atomic mass is 16.5. The number of hydrogen-bond acceptors (Lipinski definition) is 6. The highest BCUT2D eigenvalue weighted by Crippen LogP contribution is 2.31. The molecule has 9 heteroatoms. The molecule has 0 fully saturated rings. The van der Waals surface area contributed by atoms with Crippen molar-refractivity contribution in [1.29, 1.82) is 0 Å². The second kappa shape index (κ2) is 12.3. The second-order valence-electron chi connectivity index (χ2n) is 7.01. The van der Waals surface area contributed by atoms with Gasteiger partial charge in [0.1, 0.15) is 12.2 Å². The van der Waals surface area contributed by atoms with E-state index in [-0.39, 0.29) is 0 Å². The first-order chi connectivity index (χ1) is 15.7. The monoisotopic (exact) mass is 437 g/mol. The van der Waals surface area contributed by atoms with Gasteiger partial charge in [0.2, 0.25) is 5.88 Å². The highest BCUT2D eigenvalue weighted by molar-refractivity contribution is 5.79. The standard InChI is InChI=1S/C23H31N7O2/c1-4-15-31-19-10-6-7-11-20(19)32-22-18(9-8-12-25-22)16-27-23(24-3)26-13-14-30-17-28-29-21(30)5-2/h6-12,17H,4-5,13-16H2,1-3H3,(H2,24,26,27). The maximum atomic E-state index is 6.11. The summed E-state index contributed by atoms with van der Waals surface area (Å²) >= 11 is 0. The fraction of sp³-hybridized carbons (Fsp3) is 0.391. The Kier molecular flexibility index (Phi) is 8.85. The number of benzene rings is 1. The first kappa shape index (κ1) is 23.1. The number of nitrogens with one attached hydrogen (secondary N) is 2. The molecule has 2 heterocycles. The summed E-state index contributed by atoms with van der Waals surface area (Å²) in [5.74, 6) is 3.54. The van der Waals surface area contributed by atoms with E-state index in [2.05, 4.69) is 44.7 Å². The second-order valence-corrected chi connectivity index (χ2v) is 7.01. The highest BCUT2D eigenvalue weighted by Gasteiger charge is 2.11. The molecule has 0 aliphatic heterocycles. The van der Waals surface area contributed by atoms with E-state index in [1.165, 1.54) is 0 Å². The molecule has 0 saturated carbocycles. The van der Waals surface area contributed by atoms with E-state index >= 15 is 0 Å². The van der Waals surface area contributed by atoms with E-state index in [4.69, 9.17) is 9.47 Å². The summed E-state index contributed by atoms with van der Waals surface area (Å²) in [5.41, 5.74) is 0.910. The van der Waals surface area contributed by atoms with E-state index < -0.39 is 0 Å². The minimum absolute atomic E-state index is 0.508. The van der Waals surface area contributed by atoms with E-state index in [0.29, 0.717) is 43.0 Å². The minimum Gasteiger partial charge on any atom is -0.490 e. The van der Waals surface area contributed by atoms with E-state index in [9.17, 15) is 0 Å². The first-order valence-electron chi connectivity index (χ1n) is 10.9. The molecule has 0 bridgehead atoms. The lowest BCUT2D eigenvalue weighted by Crippen LogP contribution is -2.38. The van der Waals surface area contributed by atoms with Crippen molar-refractivity contribution >= 4 is 5.96 Å². The number of rotatable bonds is 11. The average molecular weight is 438 g/mol. The largest absolute Gasteiger partial charge is 0.490 e. The molecule has 2 aromatic heterocycles. The van der Waals surface area contributed by atoms with Crippen molar-refractivity contribution in [3.8, 4) is 17.4 Å². The van der Waals surface area contributed by atoms with Crippen LogP contribution in [0.2, 0.25) is 0 Å². The van der Waals surface area contributed by atoms with Gasteiger partial charge in [-0.05, 0) is 24.6 Å². The zero-order chi connectivity index (χ0) is 22.6. The van der Waals surface area contributed by atoms with Crippen LogP contribution in [0.5, 0.6) is 17.4 Å². The fourth-order valence-electron chi connectivity index (χ4n) is 3.05. The lowest BCUT2D eigenvalue weighted by atomic mass is 10.2. The molecule has 2 N–H and O–H groups in total. The van der Waals surface area contributed by atoms with Crippen LogP contribution in [0, 0.1) is 0 Å². The normalized spacial score (nSPS) is 11.3. The van der Waals surface area contributed by atoms with Gasteiger partial charge in [-0.1, -0.05) is 32.0 Å². The Morgan fingerprint density at radius 1 is 1.09 bits per heavy atom. The molecule has 1 aromatic carbocycles. The molecular formula is C23H31N7O2. The van der Waals surface area contributed by atoms with Crippen molar-refractivity contribution in [3.63, 3.8) is 0 Å². The Morgan fingerprint density at radius 3 is 2.72 bits per heavy atom. The Morgan fingerprint density at radius 2 is 1.94 bits per heavy atom. The Bertz CT molecular complexity index is 1000. The molecule has 3 aromatic rings. The number of ether oxygens (including phenoxy) is 2. The van der Waals surface area contributed by atoms with Crippen LogP contribution < -0.4 is 20.1 Å². The molecule has 170 valence electrons. The van der Waals surface area contributed by atoms with Gasteiger partial charge in [0, 0.05) is 44.9 Å². The quantitative estimate of drug-likeness (QED) is 0.351. The number of aromatic nitrogens is 4. The molecule has 9 nitrogen and oxygen atoms in total. The lowest BCUT2D eigenvalue weighted by Gasteiger charge is -2.15. The number of nitrogens with zero attached hydrogens (tertiary/aromatic N) is 5. The van der Waals surface area contributed by atoms with Crippen molar-refractivity contribution in [2.45, 2.75) is 39.8 Å². The predicted molar refractivity (Wildman–Crippen MR) is 124 cm³/mol. The molecule has 0 aliphatic carbocycles. The van der Waals surface area contributed by atoms with Gasteiger partial charge in [-0.2, -0.15) is 0 Å². The summed E-state index contributed by atoms with van der Waals surface area (Å²) in [6.07, 6.45) is 5.24. The number of guanidine groups is 1. The van der Waals surface area contributed by atoms with Gasteiger partial charge in [0.25, 0.3) is 0 Å². The summed E-state index contributed by atoms with van der Waals surface area (Å²) in [7, 11) is 1.74. The summed E-state index contributed by atoms with van der Waals surface area (Å²) in [6, 6.07) is 11.5. The smallest absolute Gasteiger partial charge is 0.224 e. The molecule has 0 radical (unpaired) electrons. The number of aryl methyl sites for hydroxylation is 1. The van der Waals surface area contributed by atoms with Crippen LogP contribution in [0.25, 0.3) is 0 Å². The van der Waals surface area contributed by atoms with Crippen LogP contribution in [0.4, 0.5) is 0 Å². The minimum atomic E-state index is 0.508. The van der Waals surface area contributed by atoms with Crippen molar-refractivity contribution in [1.82, 2.24) is 30.4 Å². The summed E-state index contributed by atoms with van der Waals surface area (Å²) in [4.78, 5) is 8.72. The van der Waals surface area contributed by atoms with E-state index in [1.54, 1.807) is 19.6 Å². The van der Waals surface area contributed by atoms with E-state index in [1.807, 2.05) is 41.0 Å². The van der Waals surface area contributed by atoms with Crippen molar-refractivity contribution in [2.24, 2.45) is 4.99 Å². The van der Waals surface area contributed by atoms with Gasteiger partial charge in [-0.15, -0.1) is 10.2 Å². The van der Waals surface area contributed by atoms with Gasteiger partial charge in [-0.25, -0.2) is 4.98 Å². The van der Waals surface area contributed by atoms with Crippen LogP contribution in [-0.4, -0.2) is 45.9 Å². The van der Waals surface area contributed by atoms with Crippen molar-refractivity contribution in [2.75, 3.05) is 20.2 Å². The average Bonchev–Trinajstić information content (AvgIpc) is 3.29. The van der Waals surface area contributed by atoms with Gasteiger partial charge in [0.15, 0.2) is 17.5 Å². The Hall–Kier alpha value is -3.62. The summed E-state index contributed by atoms with van der Waals surface area (Å²) < 4.78 is 13.9. The van der Waals surface area contributed by atoms with Crippen LogP contribution >= 0.6 is 0 Å². The number of aliphatic imine (C=N–C) groups is 1. The number of pyridine rings is 1. The third kappa shape index (κ3) is 6.44. The molecular weight excluding hydrogens is 406 g/mol. The first-order valence-corrected chi connectivity index (χ1v) is 10.9. The Balaban J connectivity index is 1.58. The van der Waals surface area contributed by atoms with Crippen LogP contribution in [0.15, 0.2) is 53.9 Å². The molecule has 3 rings (SSSR count). The van der Waals surface area contributed by atoms with Gasteiger partial charge >= 0.3 is 0 Å². The van der Waals surface area contributed by atoms with Crippen molar-refractivity contribution < 1.29 is 9.47 Å². The van der Waals surface area contributed by atoms with Crippen LogP contribution in [-0.2, 0) is 19.5 Å². The third-order valence-corrected chi connectivity index (χ3v) is 4.69. The van der Waals surface area contributed by atoms with Gasteiger partial charge in [0.05, 0.1) is 6.61 Å². The molecule has 0 amide bonds.